The van der Waals surface area contributed by atoms with Crippen molar-refractivity contribution in [2.24, 2.45) is 0 Å². The fourth-order valence-electron chi connectivity index (χ4n) is 3.49. The molecule has 0 radical (unpaired) electrons. The van der Waals surface area contributed by atoms with Gasteiger partial charge in [-0.25, -0.2) is 0 Å². The van der Waals surface area contributed by atoms with Crippen LogP contribution in [0.3, 0.4) is 0 Å². The summed E-state index contributed by atoms with van der Waals surface area (Å²) in [6.45, 7) is 5.08. The smallest absolute Gasteiger partial charge is 0.0707 e. The Morgan fingerprint density at radius 2 is 1.67 bits per heavy atom. The van der Waals surface area contributed by atoms with Crippen LogP contribution >= 0.6 is 23.2 Å². The number of nitrogens with zero attached hydrogens (tertiary/aromatic N) is 2. The molecule has 2 nitrogen and oxygen atoms in total. The van der Waals surface area contributed by atoms with E-state index in [1.165, 1.54) is 16.4 Å². The molecular formula is C20H16Cl2N2. The molecule has 120 valence electrons. The zero-order valence-electron chi connectivity index (χ0n) is 13.5. The van der Waals surface area contributed by atoms with Gasteiger partial charge in [-0.2, -0.15) is 0 Å². The van der Waals surface area contributed by atoms with E-state index < -0.39 is 0 Å². The molecule has 0 atom stereocenters. The Hall–Kier alpha value is -2.03. The summed E-state index contributed by atoms with van der Waals surface area (Å²) in [7, 11) is 0. The summed E-state index contributed by atoms with van der Waals surface area (Å²) < 4.78 is 2.33. The zero-order valence-corrected chi connectivity index (χ0v) is 15.0. The minimum Gasteiger partial charge on any atom is -0.339 e. The number of pyridine rings is 1. The van der Waals surface area contributed by atoms with E-state index >= 15 is 0 Å². The van der Waals surface area contributed by atoms with Gasteiger partial charge < -0.3 is 4.57 Å². The van der Waals surface area contributed by atoms with Crippen molar-refractivity contribution in [1.82, 2.24) is 9.55 Å². The summed E-state index contributed by atoms with van der Waals surface area (Å²) in [6, 6.07) is 14.0. The zero-order chi connectivity index (χ0) is 16.8. The molecule has 0 fully saturated rings. The molecule has 2 heterocycles. The molecule has 2 aromatic carbocycles. The molecule has 24 heavy (non-hydrogen) atoms. The lowest BCUT2D eigenvalue weighted by Crippen LogP contribution is -1.97. The van der Waals surface area contributed by atoms with Crippen molar-refractivity contribution < 1.29 is 0 Å². The standard InChI is InChI=1S/C20H16Cl2N2/c1-3-24-19-12(2)23-9-8-16(19)18-11-15(22)10-17(20(18)24)13-4-6-14(21)7-5-13/h4-11H,3H2,1-2H3. The molecule has 0 saturated carbocycles. The van der Waals surface area contributed by atoms with E-state index in [2.05, 4.69) is 29.5 Å². The Morgan fingerprint density at radius 1 is 0.917 bits per heavy atom. The molecule has 0 aliphatic rings. The lowest BCUT2D eigenvalue weighted by atomic mass is 10.0. The maximum Gasteiger partial charge on any atom is 0.0707 e. The molecule has 0 aliphatic heterocycles. The minimum absolute atomic E-state index is 0.730. The number of fused-ring (bicyclic) bond motifs is 3. The normalized spacial score (nSPS) is 11.5. The molecular weight excluding hydrogens is 339 g/mol. The van der Waals surface area contributed by atoms with E-state index in [4.69, 9.17) is 23.2 Å². The highest BCUT2D eigenvalue weighted by molar-refractivity contribution is 6.33. The molecule has 4 heteroatoms. The second-order valence-electron chi connectivity index (χ2n) is 5.89. The first-order chi connectivity index (χ1) is 11.6. The number of rotatable bonds is 2. The summed E-state index contributed by atoms with van der Waals surface area (Å²) >= 11 is 12.5. The molecule has 0 N–H and O–H groups in total. The van der Waals surface area contributed by atoms with Gasteiger partial charge in [0.25, 0.3) is 0 Å². The maximum absolute atomic E-state index is 6.45. The van der Waals surface area contributed by atoms with Gasteiger partial charge in [0.2, 0.25) is 0 Å². The van der Waals surface area contributed by atoms with Gasteiger partial charge in [0.15, 0.2) is 0 Å². The Balaban J connectivity index is 2.20. The van der Waals surface area contributed by atoms with Crippen LogP contribution in [-0.4, -0.2) is 9.55 Å². The third-order valence-electron chi connectivity index (χ3n) is 4.48. The maximum atomic E-state index is 6.45. The number of aryl methyl sites for hydroxylation is 2. The molecule has 0 amide bonds. The van der Waals surface area contributed by atoms with Crippen molar-refractivity contribution in [1.29, 1.82) is 0 Å². The van der Waals surface area contributed by atoms with E-state index in [1.807, 2.05) is 42.6 Å². The molecule has 0 aliphatic carbocycles. The van der Waals surface area contributed by atoms with Gasteiger partial charge in [-0.15, -0.1) is 0 Å². The summed E-state index contributed by atoms with van der Waals surface area (Å²) in [5.41, 5.74) is 5.62. The van der Waals surface area contributed by atoms with E-state index in [9.17, 15) is 0 Å². The van der Waals surface area contributed by atoms with Gasteiger partial charge in [-0.1, -0.05) is 35.3 Å². The first-order valence-electron chi connectivity index (χ1n) is 7.93. The Bertz CT molecular complexity index is 1060. The third kappa shape index (κ3) is 2.29. The Labute approximate surface area is 150 Å². The van der Waals surface area contributed by atoms with Gasteiger partial charge in [0.05, 0.1) is 16.7 Å². The lowest BCUT2D eigenvalue weighted by molar-refractivity contribution is 0.822. The average molecular weight is 355 g/mol. The van der Waals surface area contributed by atoms with Crippen LogP contribution < -0.4 is 0 Å². The van der Waals surface area contributed by atoms with E-state index in [1.54, 1.807) is 0 Å². The Morgan fingerprint density at radius 3 is 2.38 bits per heavy atom. The summed E-state index contributed by atoms with van der Waals surface area (Å²) in [5.74, 6) is 0. The number of hydrogen-bond donors (Lipinski definition) is 0. The van der Waals surface area contributed by atoms with E-state index in [0.29, 0.717) is 0 Å². The quantitative estimate of drug-likeness (QED) is 0.402. The molecule has 0 saturated heterocycles. The molecule has 0 bridgehead atoms. The predicted molar refractivity (Wildman–Crippen MR) is 103 cm³/mol. The van der Waals surface area contributed by atoms with Gasteiger partial charge >= 0.3 is 0 Å². The van der Waals surface area contributed by atoms with Gasteiger partial charge in [0.1, 0.15) is 0 Å². The van der Waals surface area contributed by atoms with Gasteiger partial charge in [-0.3, -0.25) is 4.98 Å². The highest BCUT2D eigenvalue weighted by Crippen LogP contribution is 2.39. The van der Waals surface area contributed by atoms with Crippen LogP contribution in [0.5, 0.6) is 0 Å². The molecule has 0 unspecified atom stereocenters. The highest BCUT2D eigenvalue weighted by Gasteiger charge is 2.17. The van der Waals surface area contributed by atoms with Crippen molar-refractivity contribution in [3.63, 3.8) is 0 Å². The molecule has 4 aromatic rings. The Kier molecular flexibility index (Phi) is 3.75. The minimum atomic E-state index is 0.730. The van der Waals surface area contributed by atoms with Gasteiger partial charge in [-0.05, 0) is 49.7 Å². The second kappa shape index (κ2) is 5.80. The fourth-order valence-corrected chi connectivity index (χ4v) is 3.83. The summed E-state index contributed by atoms with van der Waals surface area (Å²) in [5, 5.41) is 3.82. The van der Waals surface area contributed by atoms with Crippen LogP contribution in [0, 0.1) is 6.92 Å². The van der Waals surface area contributed by atoms with Crippen molar-refractivity contribution in [2.45, 2.75) is 20.4 Å². The van der Waals surface area contributed by atoms with E-state index in [-0.39, 0.29) is 0 Å². The molecule has 0 spiro atoms. The van der Waals surface area contributed by atoms with E-state index in [0.717, 1.165) is 38.8 Å². The number of benzene rings is 2. The molecule has 2 aromatic heterocycles. The highest BCUT2D eigenvalue weighted by atomic mass is 35.5. The van der Waals surface area contributed by atoms with Crippen LogP contribution in [0.4, 0.5) is 0 Å². The van der Waals surface area contributed by atoms with Crippen molar-refractivity contribution in [2.75, 3.05) is 0 Å². The summed E-state index contributed by atoms with van der Waals surface area (Å²) in [6.07, 6.45) is 1.86. The number of halogens is 2. The second-order valence-corrected chi connectivity index (χ2v) is 6.77. The van der Waals surface area contributed by atoms with Crippen molar-refractivity contribution >= 4 is 45.0 Å². The first kappa shape index (κ1) is 15.5. The van der Waals surface area contributed by atoms with Crippen LogP contribution in [0.15, 0.2) is 48.7 Å². The predicted octanol–water partition coefficient (Wildman–Crippen LogP) is 6.49. The van der Waals surface area contributed by atoms with Crippen molar-refractivity contribution in [3.8, 4) is 11.1 Å². The topological polar surface area (TPSA) is 17.8 Å². The largest absolute Gasteiger partial charge is 0.339 e. The molecule has 4 rings (SSSR count). The number of aromatic nitrogens is 2. The average Bonchev–Trinajstić information content (AvgIpc) is 2.90. The third-order valence-corrected chi connectivity index (χ3v) is 4.95. The van der Waals surface area contributed by atoms with Crippen LogP contribution in [0.2, 0.25) is 10.0 Å². The lowest BCUT2D eigenvalue weighted by Gasteiger charge is -2.10. The number of hydrogen-bond acceptors (Lipinski definition) is 1. The van der Waals surface area contributed by atoms with Crippen LogP contribution in [0.1, 0.15) is 12.6 Å². The fraction of sp³-hybridized carbons (Fsp3) is 0.150. The first-order valence-corrected chi connectivity index (χ1v) is 8.68. The van der Waals surface area contributed by atoms with Gasteiger partial charge in [0, 0.05) is 39.1 Å². The SMILES string of the molecule is CCn1c2c(-c3ccc(Cl)cc3)cc(Cl)cc2c2ccnc(C)c21. The van der Waals surface area contributed by atoms with Crippen molar-refractivity contribution in [3.05, 3.63) is 64.4 Å². The monoisotopic (exact) mass is 354 g/mol. The summed E-state index contributed by atoms with van der Waals surface area (Å²) in [4.78, 5) is 4.48. The van der Waals surface area contributed by atoms with Crippen LogP contribution in [-0.2, 0) is 6.54 Å². The van der Waals surface area contributed by atoms with Crippen LogP contribution in [0.25, 0.3) is 32.9 Å².